The first-order valence-corrected chi connectivity index (χ1v) is 10.2. The van der Waals surface area contributed by atoms with Crippen LogP contribution in [0, 0.1) is 5.92 Å². The van der Waals surface area contributed by atoms with Crippen molar-refractivity contribution in [3.05, 3.63) is 59.2 Å². The summed E-state index contributed by atoms with van der Waals surface area (Å²) in [5, 5.41) is 0. The maximum atomic E-state index is 12.7. The van der Waals surface area contributed by atoms with Crippen LogP contribution in [0.15, 0.2) is 48.1 Å². The van der Waals surface area contributed by atoms with Crippen LogP contribution in [0.5, 0.6) is 0 Å². The summed E-state index contributed by atoms with van der Waals surface area (Å²) in [4.78, 5) is 12.0. The number of allylic oxidation sites excluding steroid dienone is 1. The quantitative estimate of drug-likeness (QED) is 0.297. The van der Waals surface area contributed by atoms with Crippen molar-refractivity contribution in [3.8, 4) is 0 Å². The average Bonchev–Trinajstić information content (AvgIpc) is 3.28. The number of rotatable bonds is 4. The van der Waals surface area contributed by atoms with Crippen molar-refractivity contribution in [2.45, 2.75) is 63.2 Å². The molecule has 3 aliphatic rings. The van der Waals surface area contributed by atoms with Crippen molar-refractivity contribution < 1.29 is 32.2 Å². The minimum atomic E-state index is -4.34. The molecule has 0 aromatic heterocycles. The Bertz CT molecular complexity index is 858. The number of epoxide rings is 1. The topological polar surface area (TPSA) is 48.1 Å². The van der Waals surface area contributed by atoms with E-state index in [0.29, 0.717) is 17.7 Å². The standard InChI is InChI=1S/C23H25F3O4/c1-14-18-10-7-15(4-3-11-22(2)20(30-22)19(18)29-21(14)27)12-28-13-16-5-8-17(9-6-16)23(24,25)26/h4-6,8-9,18-20H,1,3,7,10-13H2,2H3/b15-4+/t18-,19-,20+,22+/m0/s1. The predicted octanol–water partition coefficient (Wildman–Crippen LogP) is 4.98. The number of carbonyl (C=O) groups is 1. The van der Waals surface area contributed by atoms with E-state index in [-0.39, 0.29) is 36.3 Å². The highest BCUT2D eigenvalue weighted by Crippen LogP contribution is 2.49. The second-order valence-electron chi connectivity index (χ2n) is 8.48. The van der Waals surface area contributed by atoms with Crippen molar-refractivity contribution >= 4 is 5.97 Å². The summed E-state index contributed by atoms with van der Waals surface area (Å²) in [7, 11) is 0. The van der Waals surface area contributed by atoms with Crippen molar-refractivity contribution in [2.75, 3.05) is 6.61 Å². The Labute approximate surface area is 173 Å². The van der Waals surface area contributed by atoms with Crippen LogP contribution in [0.2, 0.25) is 0 Å². The summed E-state index contributed by atoms with van der Waals surface area (Å²) < 4.78 is 55.2. The molecular formula is C23H25F3O4. The van der Waals surface area contributed by atoms with Gasteiger partial charge in [0.1, 0.15) is 12.2 Å². The van der Waals surface area contributed by atoms with Gasteiger partial charge >= 0.3 is 12.1 Å². The molecule has 30 heavy (non-hydrogen) atoms. The van der Waals surface area contributed by atoms with Crippen LogP contribution in [-0.4, -0.2) is 30.4 Å². The zero-order valence-electron chi connectivity index (χ0n) is 16.8. The van der Waals surface area contributed by atoms with Crippen LogP contribution in [0.25, 0.3) is 0 Å². The Morgan fingerprint density at radius 2 is 1.97 bits per heavy atom. The van der Waals surface area contributed by atoms with Crippen LogP contribution in [-0.2, 0) is 31.8 Å². The molecule has 0 spiro atoms. The zero-order valence-corrected chi connectivity index (χ0v) is 16.8. The van der Waals surface area contributed by atoms with Crippen molar-refractivity contribution in [3.63, 3.8) is 0 Å². The molecule has 1 aromatic carbocycles. The van der Waals surface area contributed by atoms with Crippen LogP contribution in [0.1, 0.15) is 43.7 Å². The molecule has 0 radical (unpaired) electrons. The summed E-state index contributed by atoms with van der Waals surface area (Å²) in [5.41, 5.74) is 1.35. The second kappa shape index (κ2) is 7.85. The molecule has 0 bridgehead atoms. The van der Waals surface area contributed by atoms with Gasteiger partial charge in [0.15, 0.2) is 0 Å². The third-order valence-corrected chi connectivity index (χ3v) is 6.28. The zero-order chi connectivity index (χ0) is 21.5. The van der Waals surface area contributed by atoms with Crippen LogP contribution in [0.4, 0.5) is 13.2 Å². The predicted molar refractivity (Wildman–Crippen MR) is 103 cm³/mol. The molecule has 4 rings (SSSR count). The summed E-state index contributed by atoms with van der Waals surface area (Å²) in [5.74, 6) is -0.410. The van der Waals surface area contributed by atoms with Crippen LogP contribution >= 0.6 is 0 Å². The van der Waals surface area contributed by atoms with Crippen LogP contribution < -0.4 is 0 Å². The SMILES string of the molecule is C=C1C(=O)O[C@@H]2[C@H]3O[C@]3(C)CC/C=C(/COCc3ccc(C(F)(F)F)cc3)CC[C@@H]12. The summed E-state index contributed by atoms with van der Waals surface area (Å²) in [6.45, 7) is 6.58. The number of alkyl halides is 3. The maximum absolute atomic E-state index is 12.7. The number of hydrogen-bond donors (Lipinski definition) is 0. The van der Waals surface area contributed by atoms with Crippen molar-refractivity contribution in [1.82, 2.24) is 0 Å². The second-order valence-corrected chi connectivity index (χ2v) is 8.48. The van der Waals surface area contributed by atoms with Gasteiger partial charge in [0.2, 0.25) is 0 Å². The minimum Gasteiger partial charge on any atom is -0.455 e. The van der Waals surface area contributed by atoms with Gasteiger partial charge in [0.05, 0.1) is 24.4 Å². The highest BCUT2D eigenvalue weighted by Gasteiger charge is 2.61. The lowest BCUT2D eigenvalue weighted by molar-refractivity contribution is -0.140. The Kier molecular flexibility index (Phi) is 5.53. The van der Waals surface area contributed by atoms with E-state index in [0.717, 1.165) is 43.4 Å². The molecule has 2 fully saturated rings. The molecule has 0 saturated carbocycles. The molecular weight excluding hydrogens is 397 g/mol. The monoisotopic (exact) mass is 422 g/mol. The molecule has 4 atom stereocenters. The first-order valence-electron chi connectivity index (χ1n) is 10.2. The van der Waals surface area contributed by atoms with E-state index < -0.39 is 11.7 Å². The fraction of sp³-hybridized carbons (Fsp3) is 0.522. The fourth-order valence-corrected chi connectivity index (χ4v) is 4.34. The summed E-state index contributed by atoms with van der Waals surface area (Å²) in [6, 6.07) is 5.01. The Hall–Kier alpha value is -2.12. The molecule has 2 heterocycles. The van der Waals surface area contributed by atoms with Gasteiger partial charge < -0.3 is 14.2 Å². The van der Waals surface area contributed by atoms with E-state index >= 15 is 0 Å². The van der Waals surface area contributed by atoms with Gasteiger partial charge in [-0.25, -0.2) is 4.79 Å². The minimum absolute atomic E-state index is 0.0688. The summed E-state index contributed by atoms with van der Waals surface area (Å²) >= 11 is 0. The average molecular weight is 422 g/mol. The summed E-state index contributed by atoms with van der Waals surface area (Å²) in [6.07, 6.45) is 0.588. The number of fused-ring (bicyclic) bond motifs is 3. The van der Waals surface area contributed by atoms with Gasteiger partial charge in [-0.3, -0.25) is 0 Å². The lowest BCUT2D eigenvalue weighted by Crippen LogP contribution is -2.29. The number of halogens is 3. The number of hydrogen-bond acceptors (Lipinski definition) is 4. The van der Waals surface area contributed by atoms with Crippen molar-refractivity contribution in [2.24, 2.45) is 5.92 Å². The fourth-order valence-electron chi connectivity index (χ4n) is 4.34. The normalized spacial score (nSPS) is 33.2. The van der Waals surface area contributed by atoms with Gasteiger partial charge in [0.25, 0.3) is 0 Å². The van der Waals surface area contributed by atoms with Gasteiger partial charge in [-0.1, -0.05) is 24.8 Å². The Balaban J connectivity index is 1.36. The van der Waals surface area contributed by atoms with Gasteiger partial charge in [0, 0.05) is 11.5 Å². The third kappa shape index (κ3) is 4.32. The van der Waals surface area contributed by atoms with Gasteiger partial charge in [-0.05, 0) is 55.9 Å². The maximum Gasteiger partial charge on any atom is 0.416 e. The smallest absolute Gasteiger partial charge is 0.416 e. The number of carbonyl (C=O) groups excluding carboxylic acids is 1. The molecule has 0 unspecified atom stereocenters. The largest absolute Gasteiger partial charge is 0.455 e. The lowest BCUT2D eigenvalue weighted by Gasteiger charge is -2.20. The lowest BCUT2D eigenvalue weighted by atomic mass is 9.84. The van der Waals surface area contributed by atoms with E-state index in [1.165, 1.54) is 12.1 Å². The molecule has 1 aliphatic carbocycles. The van der Waals surface area contributed by atoms with Gasteiger partial charge in [-0.15, -0.1) is 0 Å². The molecule has 0 amide bonds. The van der Waals surface area contributed by atoms with E-state index in [1.807, 2.05) is 6.92 Å². The molecule has 4 nitrogen and oxygen atoms in total. The Morgan fingerprint density at radius 3 is 2.67 bits per heavy atom. The molecule has 162 valence electrons. The molecule has 0 N–H and O–H groups in total. The van der Waals surface area contributed by atoms with E-state index in [2.05, 4.69) is 12.7 Å². The first-order chi connectivity index (χ1) is 14.2. The molecule has 1 aromatic rings. The van der Waals surface area contributed by atoms with Crippen LogP contribution in [0.3, 0.4) is 0 Å². The number of esters is 1. The third-order valence-electron chi connectivity index (χ3n) is 6.28. The van der Waals surface area contributed by atoms with E-state index in [1.54, 1.807) is 0 Å². The van der Waals surface area contributed by atoms with Crippen molar-refractivity contribution in [1.29, 1.82) is 0 Å². The molecule has 7 heteroatoms. The number of ether oxygens (including phenoxy) is 3. The Morgan fingerprint density at radius 1 is 1.23 bits per heavy atom. The highest BCUT2D eigenvalue weighted by molar-refractivity contribution is 5.91. The highest BCUT2D eigenvalue weighted by atomic mass is 19.4. The molecule has 2 saturated heterocycles. The molecule has 2 aliphatic heterocycles. The van der Waals surface area contributed by atoms with E-state index in [4.69, 9.17) is 14.2 Å². The number of benzene rings is 1. The first kappa shape index (κ1) is 21.1. The van der Waals surface area contributed by atoms with E-state index in [9.17, 15) is 18.0 Å². The van der Waals surface area contributed by atoms with Gasteiger partial charge in [-0.2, -0.15) is 13.2 Å².